The van der Waals surface area contributed by atoms with E-state index in [2.05, 4.69) is 32.6 Å². The lowest BCUT2D eigenvalue weighted by molar-refractivity contribution is -0.148. The molecular formula is C15H24O3Si. The fourth-order valence-corrected chi connectivity index (χ4v) is 7.80. The van der Waals surface area contributed by atoms with Crippen LogP contribution in [0.15, 0.2) is 11.6 Å². The van der Waals surface area contributed by atoms with Crippen molar-refractivity contribution in [1.82, 2.24) is 0 Å². The van der Waals surface area contributed by atoms with Gasteiger partial charge in [-0.25, -0.2) is 0 Å². The van der Waals surface area contributed by atoms with Crippen LogP contribution in [0.3, 0.4) is 0 Å². The summed E-state index contributed by atoms with van der Waals surface area (Å²) in [5.74, 6) is -0.874. The van der Waals surface area contributed by atoms with Crippen LogP contribution in [0.25, 0.3) is 0 Å². The first kappa shape index (κ1) is 14.5. The molecule has 1 unspecified atom stereocenters. The molecule has 2 aliphatic carbocycles. The van der Waals surface area contributed by atoms with Gasteiger partial charge in [-0.15, -0.1) is 0 Å². The second kappa shape index (κ2) is 4.58. The number of ether oxygens (including phenoxy) is 1. The molecule has 4 heteroatoms. The van der Waals surface area contributed by atoms with E-state index in [1.165, 1.54) is 7.11 Å². The lowest BCUT2D eigenvalue weighted by Crippen LogP contribution is -2.42. The summed E-state index contributed by atoms with van der Waals surface area (Å²) in [6.45, 7) is 8.94. The van der Waals surface area contributed by atoms with Crippen molar-refractivity contribution in [3.05, 3.63) is 11.6 Å². The van der Waals surface area contributed by atoms with Crippen molar-refractivity contribution in [3.8, 4) is 0 Å². The minimum atomic E-state index is -1.65. The fourth-order valence-electron chi connectivity index (χ4n) is 4.30. The van der Waals surface area contributed by atoms with E-state index in [0.29, 0.717) is 0 Å². The molecule has 2 aliphatic rings. The molecule has 106 valence electrons. The predicted octanol–water partition coefficient (Wildman–Crippen LogP) is 3.18. The average molecular weight is 280 g/mol. The second-order valence-electron chi connectivity index (χ2n) is 7.14. The summed E-state index contributed by atoms with van der Waals surface area (Å²) in [5, 5.41) is 0. The Morgan fingerprint density at radius 2 is 2.05 bits per heavy atom. The summed E-state index contributed by atoms with van der Waals surface area (Å²) in [6.07, 6.45) is 5.17. The van der Waals surface area contributed by atoms with E-state index in [1.54, 1.807) is 0 Å². The maximum absolute atomic E-state index is 12.7. The molecule has 0 heterocycles. The fraction of sp³-hybridized carbons (Fsp3) is 0.733. The van der Waals surface area contributed by atoms with Gasteiger partial charge in [0, 0.05) is 8.07 Å². The summed E-state index contributed by atoms with van der Waals surface area (Å²) in [7, 11) is -0.267. The van der Waals surface area contributed by atoms with E-state index >= 15 is 0 Å². The Morgan fingerprint density at radius 1 is 1.42 bits per heavy atom. The number of methoxy groups -OCH3 is 1. The number of carbonyl (C=O) groups is 2. The van der Waals surface area contributed by atoms with Crippen LogP contribution in [0.1, 0.15) is 26.2 Å². The molecular weight excluding hydrogens is 256 g/mol. The highest BCUT2D eigenvalue weighted by molar-refractivity contribution is 6.78. The summed E-state index contributed by atoms with van der Waals surface area (Å²) in [5.41, 5.74) is 0.951. The van der Waals surface area contributed by atoms with Gasteiger partial charge in [0.2, 0.25) is 0 Å². The zero-order valence-corrected chi connectivity index (χ0v) is 13.6. The van der Waals surface area contributed by atoms with Crippen LogP contribution in [-0.2, 0) is 14.3 Å². The Morgan fingerprint density at radius 3 is 2.58 bits per heavy atom. The van der Waals surface area contributed by atoms with Gasteiger partial charge in [0.15, 0.2) is 5.78 Å². The lowest BCUT2D eigenvalue weighted by Gasteiger charge is -2.42. The third-order valence-corrected chi connectivity index (χ3v) is 7.66. The first-order valence-corrected chi connectivity index (χ1v) is 10.6. The summed E-state index contributed by atoms with van der Waals surface area (Å²) < 4.78 is 4.92. The van der Waals surface area contributed by atoms with Crippen molar-refractivity contribution in [1.29, 1.82) is 0 Å². The Kier molecular flexibility index (Phi) is 3.50. The molecule has 0 aliphatic heterocycles. The van der Waals surface area contributed by atoms with Crippen LogP contribution in [-0.4, -0.2) is 26.9 Å². The number of hydrogen-bond donors (Lipinski definition) is 0. The van der Waals surface area contributed by atoms with Crippen molar-refractivity contribution in [2.24, 2.45) is 11.3 Å². The molecule has 1 fully saturated rings. The van der Waals surface area contributed by atoms with Crippen LogP contribution in [0.4, 0.5) is 0 Å². The number of carbonyl (C=O) groups excluding carboxylic acids is 2. The number of Topliss-reactive ketones (excluding diaryl/α,β-unsaturated/α-hetero) is 1. The topological polar surface area (TPSA) is 43.4 Å². The molecule has 0 aromatic heterocycles. The average Bonchev–Trinajstić information content (AvgIpc) is 2.56. The number of ketones is 1. The summed E-state index contributed by atoms with van der Waals surface area (Å²) >= 11 is 0. The molecule has 3 nitrogen and oxygen atoms in total. The van der Waals surface area contributed by atoms with Gasteiger partial charge >= 0.3 is 5.97 Å². The molecule has 0 spiro atoms. The first-order valence-electron chi connectivity index (χ1n) is 7.06. The standard InChI is InChI=1S/C15H24O3Si/c1-15-9-7-6-8-10(15)12(16)11(14(17)18-2)13(15)19(3,4)5/h8,11,13H,6-7,9H2,1-5H3/t11?,13-,15-/m0/s1. The number of esters is 1. The van der Waals surface area contributed by atoms with Crippen LogP contribution < -0.4 is 0 Å². The van der Waals surface area contributed by atoms with Crippen molar-refractivity contribution >= 4 is 19.8 Å². The molecule has 0 aromatic carbocycles. The van der Waals surface area contributed by atoms with Crippen molar-refractivity contribution in [2.75, 3.05) is 7.11 Å². The molecule has 0 bridgehead atoms. The summed E-state index contributed by atoms with van der Waals surface area (Å²) in [6, 6.07) is 0. The van der Waals surface area contributed by atoms with E-state index in [9.17, 15) is 9.59 Å². The van der Waals surface area contributed by atoms with Gasteiger partial charge in [-0.1, -0.05) is 32.6 Å². The SMILES string of the molecule is COC(=O)C1C(=O)C2=CCCC[C@]2(C)[C@H]1[Si](C)(C)C. The highest BCUT2D eigenvalue weighted by Gasteiger charge is 2.61. The van der Waals surface area contributed by atoms with Crippen LogP contribution in [0, 0.1) is 11.3 Å². The third-order valence-electron chi connectivity index (χ3n) is 4.82. The normalized spacial score (nSPS) is 34.8. The molecule has 0 amide bonds. The van der Waals surface area contributed by atoms with Crippen LogP contribution in [0.2, 0.25) is 25.2 Å². The number of rotatable bonds is 2. The van der Waals surface area contributed by atoms with Crippen LogP contribution in [0.5, 0.6) is 0 Å². The van der Waals surface area contributed by atoms with E-state index < -0.39 is 14.0 Å². The van der Waals surface area contributed by atoms with Crippen molar-refractivity contribution < 1.29 is 14.3 Å². The minimum Gasteiger partial charge on any atom is -0.468 e. The van der Waals surface area contributed by atoms with Gasteiger partial charge in [-0.2, -0.15) is 0 Å². The first-order chi connectivity index (χ1) is 8.73. The smallest absolute Gasteiger partial charge is 0.316 e. The maximum Gasteiger partial charge on any atom is 0.316 e. The quantitative estimate of drug-likeness (QED) is 0.443. The Hall–Kier alpha value is -0.903. The molecule has 3 atom stereocenters. The van der Waals surface area contributed by atoms with Gasteiger partial charge in [0.05, 0.1) is 7.11 Å². The monoisotopic (exact) mass is 280 g/mol. The van der Waals surface area contributed by atoms with Gasteiger partial charge < -0.3 is 4.74 Å². The van der Waals surface area contributed by atoms with Crippen LogP contribution >= 0.6 is 0 Å². The third kappa shape index (κ3) is 2.10. The second-order valence-corrected chi connectivity index (χ2v) is 12.5. The zero-order chi connectivity index (χ0) is 14.4. The molecule has 19 heavy (non-hydrogen) atoms. The van der Waals surface area contributed by atoms with Gasteiger partial charge in [0.1, 0.15) is 5.92 Å². The number of allylic oxidation sites excluding steroid dienone is 2. The van der Waals surface area contributed by atoms with Gasteiger partial charge in [0.25, 0.3) is 0 Å². The molecule has 0 N–H and O–H groups in total. The predicted molar refractivity (Wildman–Crippen MR) is 77.7 cm³/mol. The molecule has 0 radical (unpaired) electrons. The van der Waals surface area contributed by atoms with E-state index in [1.807, 2.05) is 0 Å². The maximum atomic E-state index is 12.7. The minimum absolute atomic E-state index is 0.0291. The van der Waals surface area contributed by atoms with Gasteiger partial charge in [-0.3, -0.25) is 9.59 Å². The largest absolute Gasteiger partial charge is 0.468 e. The Balaban J connectivity index is 2.56. The van der Waals surface area contributed by atoms with Crippen molar-refractivity contribution in [2.45, 2.75) is 51.4 Å². The van der Waals surface area contributed by atoms with E-state index in [-0.39, 0.29) is 22.7 Å². The van der Waals surface area contributed by atoms with E-state index in [4.69, 9.17) is 4.74 Å². The van der Waals surface area contributed by atoms with Gasteiger partial charge in [-0.05, 0) is 35.8 Å². The van der Waals surface area contributed by atoms with E-state index in [0.717, 1.165) is 24.8 Å². The Bertz CT molecular complexity index is 447. The number of hydrogen-bond acceptors (Lipinski definition) is 3. The Labute approximate surface area is 116 Å². The number of fused-ring (bicyclic) bond motifs is 1. The zero-order valence-electron chi connectivity index (χ0n) is 12.6. The lowest BCUT2D eigenvalue weighted by atomic mass is 9.75. The molecule has 0 aromatic rings. The highest BCUT2D eigenvalue weighted by atomic mass is 28.3. The highest BCUT2D eigenvalue weighted by Crippen LogP contribution is 2.60. The molecule has 2 rings (SSSR count). The van der Waals surface area contributed by atoms with Crippen molar-refractivity contribution in [3.63, 3.8) is 0 Å². The molecule has 1 saturated carbocycles. The summed E-state index contributed by atoms with van der Waals surface area (Å²) in [4.78, 5) is 24.8. The molecule has 0 saturated heterocycles.